The van der Waals surface area contributed by atoms with Gasteiger partial charge in [-0.05, 0) is 31.4 Å². The van der Waals surface area contributed by atoms with Crippen molar-refractivity contribution < 1.29 is 13.9 Å². The van der Waals surface area contributed by atoms with Crippen LogP contribution in [-0.2, 0) is 16.9 Å². The summed E-state index contributed by atoms with van der Waals surface area (Å²) in [5, 5.41) is 0. The van der Waals surface area contributed by atoms with Crippen LogP contribution in [0.1, 0.15) is 39.2 Å². The molecule has 4 rings (SSSR count). The second kappa shape index (κ2) is 4.71. The Morgan fingerprint density at radius 1 is 1.27 bits per heavy atom. The minimum Gasteiger partial charge on any atom is -0.469 e. The Hall–Kier alpha value is -2.07. The summed E-state index contributed by atoms with van der Waals surface area (Å²) >= 11 is 0. The highest BCUT2D eigenvalue weighted by Gasteiger charge is 2.47. The van der Waals surface area contributed by atoms with Crippen molar-refractivity contribution in [2.75, 3.05) is 13.1 Å². The second-order valence-electron chi connectivity index (χ2n) is 6.27. The minimum atomic E-state index is -0.322. The van der Waals surface area contributed by atoms with Crippen LogP contribution in [0.5, 0.6) is 0 Å². The number of aryl methyl sites for hydroxylation is 2. The number of nitrogens with zero attached hydrogens (tertiary/aromatic N) is 1. The first-order valence-electron chi connectivity index (χ1n) is 7.67. The van der Waals surface area contributed by atoms with Crippen molar-refractivity contribution in [1.29, 1.82) is 0 Å². The van der Waals surface area contributed by atoms with Gasteiger partial charge in [0.2, 0.25) is 0 Å². The maximum Gasteiger partial charge on any atom is 0.257 e. The topological polar surface area (TPSA) is 42.7 Å². The normalized spacial score (nSPS) is 23.3. The van der Waals surface area contributed by atoms with Crippen molar-refractivity contribution in [2.24, 2.45) is 0 Å². The SMILES string of the molecule is Cc1coc(C)c1C(=O)N1CCC2(C1)OCc1ccccc12. The monoisotopic (exact) mass is 297 g/mol. The lowest BCUT2D eigenvalue weighted by Gasteiger charge is -2.24. The van der Waals surface area contributed by atoms with E-state index in [-0.39, 0.29) is 11.5 Å². The number of hydrogen-bond acceptors (Lipinski definition) is 3. The molecule has 0 radical (unpaired) electrons. The van der Waals surface area contributed by atoms with Crippen LogP contribution in [0.2, 0.25) is 0 Å². The maximum atomic E-state index is 12.8. The van der Waals surface area contributed by atoms with Gasteiger partial charge in [-0.25, -0.2) is 0 Å². The van der Waals surface area contributed by atoms with Crippen LogP contribution in [-0.4, -0.2) is 23.9 Å². The van der Waals surface area contributed by atoms with Crippen LogP contribution in [0.15, 0.2) is 34.9 Å². The van der Waals surface area contributed by atoms with Gasteiger partial charge in [0.15, 0.2) is 0 Å². The fourth-order valence-electron chi connectivity index (χ4n) is 3.73. The molecule has 2 aliphatic heterocycles. The molecule has 0 aliphatic carbocycles. The number of likely N-dealkylation sites (tertiary alicyclic amines) is 1. The first-order chi connectivity index (χ1) is 10.6. The highest BCUT2D eigenvalue weighted by molar-refractivity contribution is 5.96. The summed E-state index contributed by atoms with van der Waals surface area (Å²) in [6, 6.07) is 8.32. The van der Waals surface area contributed by atoms with E-state index in [4.69, 9.17) is 9.15 Å². The molecular weight excluding hydrogens is 278 g/mol. The Balaban J connectivity index is 1.63. The number of carbonyl (C=O) groups excluding carboxylic acids is 1. The Morgan fingerprint density at radius 2 is 2.09 bits per heavy atom. The average Bonchev–Trinajstić information content (AvgIpc) is 3.20. The summed E-state index contributed by atoms with van der Waals surface area (Å²) in [6.45, 7) is 5.73. The zero-order valence-corrected chi connectivity index (χ0v) is 12.9. The van der Waals surface area contributed by atoms with Crippen molar-refractivity contribution in [3.05, 3.63) is 58.5 Å². The lowest BCUT2D eigenvalue weighted by molar-refractivity contribution is -0.0283. The molecule has 22 heavy (non-hydrogen) atoms. The Morgan fingerprint density at radius 3 is 2.86 bits per heavy atom. The van der Waals surface area contributed by atoms with Gasteiger partial charge in [-0.1, -0.05) is 24.3 Å². The van der Waals surface area contributed by atoms with Gasteiger partial charge in [-0.3, -0.25) is 4.79 Å². The van der Waals surface area contributed by atoms with Gasteiger partial charge in [0.25, 0.3) is 5.91 Å². The molecule has 114 valence electrons. The molecule has 1 aromatic carbocycles. The molecule has 1 atom stereocenters. The summed E-state index contributed by atoms with van der Waals surface area (Å²) in [5.41, 5.74) is 3.76. The van der Waals surface area contributed by atoms with Crippen LogP contribution in [0.25, 0.3) is 0 Å². The van der Waals surface area contributed by atoms with Crippen molar-refractivity contribution in [2.45, 2.75) is 32.5 Å². The number of furan rings is 1. The van der Waals surface area contributed by atoms with E-state index in [0.717, 1.165) is 18.5 Å². The quantitative estimate of drug-likeness (QED) is 0.812. The first-order valence-corrected chi connectivity index (χ1v) is 7.67. The third kappa shape index (κ3) is 1.83. The minimum absolute atomic E-state index is 0.0496. The first kappa shape index (κ1) is 13.6. The zero-order valence-electron chi connectivity index (χ0n) is 12.9. The Kier molecular flexibility index (Phi) is 2.91. The van der Waals surface area contributed by atoms with Crippen LogP contribution in [0.3, 0.4) is 0 Å². The van der Waals surface area contributed by atoms with Gasteiger partial charge in [0, 0.05) is 12.1 Å². The predicted octanol–water partition coefficient (Wildman–Crippen LogP) is 3.17. The molecule has 1 aromatic heterocycles. The summed E-state index contributed by atoms with van der Waals surface area (Å²) in [6.07, 6.45) is 2.50. The summed E-state index contributed by atoms with van der Waals surface area (Å²) in [7, 11) is 0. The number of hydrogen-bond donors (Lipinski definition) is 0. The third-order valence-electron chi connectivity index (χ3n) is 4.90. The molecule has 1 spiro atoms. The highest BCUT2D eigenvalue weighted by Crippen LogP contribution is 2.43. The average molecular weight is 297 g/mol. The van der Waals surface area contributed by atoms with Crippen molar-refractivity contribution >= 4 is 5.91 Å². The fraction of sp³-hybridized carbons (Fsp3) is 0.389. The van der Waals surface area contributed by atoms with Crippen LogP contribution in [0, 0.1) is 13.8 Å². The zero-order chi connectivity index (χ0) is 15.3. The van der Waals surface area contributed by atoms with Gasteiger partial charge in [0.05, 0.1) is 25.0 Å². The Labute approximate surface area is 129 Å². The summed E-state index contributed by atoms with van der Waals surface area (Å²) in [4.78, 5) is 14.7. The summed E-state index contributed by atoms with van der Waals surface area (Å²) < 4.78 is 11.5. The number of ether oxygens (including phenoxy) is 1. The number of benzene rings is 1. The molecule has 3 heterocycles. The van der Waals surface area contributed by atoms with Crippen molar-refractivity contribution in [3.63, 3.8) is 0 Å². The smallest absolute Gasteiger partial charge is 0.257 e. The van der Waals surface area contributed by atoms with Crippen LogP contribution < -0.4 is 0 Å². The number of fused-ring (bicyclic) bond motifs is 2. The number of amides is 1. The highest BCUT2D eigenvalue weighted by atomic mass is 16.5. The standard InChI is InChI=1S/C18H19NO3/c1-12-9-21-13(2)16(12)17(20)19-8-7-18(11-19)15-6-4-3-5-14(15)10-22-18/h3-6,9H,7-8,10-11H2,1-2H3. The third-order valence-corrected chi connectivity index (χ3v) is 4.90. The van der Waals surface area contributed by atoms with E-state index >= 15 is 0 Å². The molecule has 1 fully saturated rings. The van der Waals surface area contributed by atoms with E-state index in [2.05, 4.69) is 12.1 Å². The van der Waals surface area contributed by atoms with Gasteiger partial charge in [0.1, 0.15) is 11.4 Å². The van der Waals surface area contributed by atoms with Crippen molar-refractivity contribution in [3.8, 4) is 0 Å². The molecule has 4 heteroatoms. The van der Waals surface area contributed by atoms with E-state index in [0.29, 0.717) is 24.5 Å². The van der Waals surface area contributed by atoms with E-state index in [9.17, 15) is 4.79 Å². The van der Waals surface area contributed by atoms with Gasteiger partial charge in [-0.2, -0.15) is 0 Å². The van der Waals surface area contributed by atoms with Gasteiger partial charge < -0.3 is 14.1 Å². The second-order valence-corrected chi connectivity index (χ2v) is 6.27. The summed E-state index contributed by atoms with van der Waals surface area (Å²) in [5.74, 6) is 0.741. The number of rotatable bonds is 1. The molecule has 0 N–H and O–H groups in total. The molecule has 2 aromatic rings. The van der Waals surface area contributed by atoms with E-state index in [1.807, 2.05) is 30.9 Å². The lowest BCUT2D eigenvalue weighted by atomic mass is 9.92. The van der Waals surface area contributed by atoms with Crippen molar-refractivity contribution in [1.82, 2.24) is 4.90 Å². The van der Waals surface area contributed by atoms with Gasteiger partial charge in [-0.15, -0.1) is 0 Å². The van der Waals surface area contributed by atoms with E-state index in [1.165, 1.54) is 11.1 Å². The molecule has 4 nitrogen and oxygen atoms in total. The fourth-order valence-corrected chi connectivity index (χ4v) is 3.73. The maximum absolute atomic E-state index is 12.8. The van der Waals surface area contributed by atoms with Crippen LogP contribution >= 0.6 is 0 Å². The Bertz CT molecular complexity index is 729. The molecule has 1 amide bonds. The van der Waals surface area contributed by atoms with Gasteiger partial charge >= 0.3 is 0 Å². The molecule has 2 aliphatic rings. The molecular formula is C18H19NO3. The molecule has 1 unspecified atom stereocenters. The predicted molar refractivity (Wildman–Crippen MR) is 81.6 cm³/mol. The molecule has 0 bridgehead atoms. The largest absolute Gasteiger partial charge is 0.469 e. The number of carbonyl (C=O) groups is 1. The molecule has 0 saturated carbocycles. The molecule has 1 saturated heterocycles. The lowest BCUT2D eigenvalue weighted by Crippen LogP contribution is -2.34. The van der Waals surface area contributed by atoms with E-state index < -0.39 is 0 Å². The van der Waals surface area contributed by atoms with E-state index in [1.54, 1.807) is 6.26 Å². The van der Waals surface area contributed by atoms with Crippen LogP contribution in [0.4, 0.5) is 0 Å².